The topological polar surface area (TPSA) is 80.3 Å². The smallest absolute Gasteiger partial charge is 0.320 e. The van der Waals surface area contributed by atoms with Crippen LogP contribution in [0.5, 0.6) is 0 Å². The van der Waals surface area contributed by atoms with Gasteiger partial charge in [-0.05, 0) is 0 Å². The number of nitrogens with zero attached hydrogens (tertiary/aromatic N) is 1. The summed E-state index contributed by atoms with van der Waals surface area (Å²) < 4.78 is 4.49. The van der Waals surface area contributed by atoms with Gasteiger partial charge in [-0.3, -0.25) is 10.1 Å². The maximum absolute atomic E-state index is 10.9. The van der Waals surface area contributed by atoms with E-state index in [1.165, 1.54) is 25.5 Å². The molecule has 7 heteroatoms. The van der Waals surface area contributed by atoms with Crippen LogP contribution in [0.4, 0.5) is 9.93 Å². The maximum Gasteiger partial charge on any atom is 0.320 e. The van der Waals surface area contributed by atoms with Gasteiger partial charge in [0.05, 0.1) is 19.2 Å². The van der Waals surface area contributed by atoms with E-state index in [9.17, 15) is 9.59 Å². The van der Waals surface area contributed by atoms with Crippen molar-refractivity contribution in [2.75, 3.05) is 19.5 Å². The van der Waals surface area contributed by atoms with Gasteiger partial charge in [-0.2, -0.15) is 0 Å². The van der Waals surface area contributed by atoms with E-state index in [1.54, 1.807) is 5.38 Å². The van der Waals surface area contributed by atoms with Crippen LogP contribution in [0.1, 0.15) is 5.69 Å². The monoisotopic (exact) mass is 229 g/mol. The fourth-order valence-electron chi connectivity index (χ4n) is 0.825. The number of esters is 1. The Morgan fingerprint density at radius 2 is 2.33 bits per heavy atom. The fourth-order valence-corrected chi connectivity index (χ4v) is 1.53. The molecule has 1 aromatic rings. The molecule has 0 unspecified atom stereocenters. The predicted molar refractivity (Wildman–Crippen MR) is 55.9 cm³/mol. The summed E-state index contributed by atoms with van der Waals surface area (Å²) in [5, 5.41) is 7.06. The van der Waals surface area contributed by atoms with Crippen molar-refractivity contribution >= 4 is 28.5 Å². The van der Waals surface area contributed by atoms with Gasteiger partial charge < -0.3 is 10.1 Å². The van der Waals surface area contributed by atoms with Crippen molar-refractivity contribution in [3.8, 4) is 0 Å². The van der Waals surface area contributed by atoms with Crippen molar-refractivity contribution in [2.45, 2.75) is 6.42 Å². The molecule has 0 spiro atoms. The second kappa shape index (κ2) is 5.30. The van der Waals surface area contributed by atoms with Crippen LogP contribution in [0.3, 0.4) is 0 Å². The number of nitrogens with one attached hydrogen (secondary N) is 2. The second-order valence-corrected chi connectivity index (χ2v) is 3.46. The Balaban J connectivity index is 2.56. The van der Waals surface area contributed by atoms with Crippen LogP contribution in [-0.2, 0) is 16.0 Å². The fraction of sp³-hybridized carbons (Fsp3) is 0.375. The molecule has 0 fully saturated rings. The zero-order valence-corrected chi connectivity index (χ0v) is 9.18. The molecule has 0 radical (unpaired) electrons. The molecule has 0 aliphatic heterocycles. The lowest BCUT2D eigenvalue weighted by atomic mass is 10.3. The molecule has 0 saturated heterocycles. The van der Waals surface area contributed by atoms with Crippen LogP contribution in [0, 0.1) is 0 Å². The number of rotatable bonds is 3. The van der Waals surface area contributed by atoms with Crippen molar-refractivity contribution in [1.82, 2.24) is 10.3 Å². The van der Waals surface area contributed by atoms with Crippen LogP contribution in [0.25, 0.3) is 0 Å². The lowest BCUT2D eigenvalue weighted by Crippen LogP contribution is -2.24. The van der Waals surface area contributed by atoms with Crippen molar-refractivity contribution in [2.24, 2.45) is 0 Å². The first-order valence-corrected chi connectivity index (χ1v) is 5.03. The van der Waals surface area contributed by atoms with Crippen LogP contribution >= 0.6 is 11.3 Å². The normalized spacial score (nSPS) is 9.47. The highest BCUT2D eigenvalue weighted by atomic mass is 32.1. The van der Waals surface area contributed by atoms with E-state index >= 15 is 0 Å². The number of anilines is 1. The number of hydrogen-bond donors (Lipinski definition) is 2. The number of carbonyl (C=O) groups excluding carboxylic acids is 2. The summed E-state index contributed by atoms with van der Waals surface area (Å²) in [6, 6.07) is -0.339. The van der Waals surface area contributed by atoms with Crippen molar-refractivity contribution < 1.29 is 14.3 Å². The minimum absolute atomic E-state index is 0.114. The minimum Gasteiger partial charge on any atom is -0.469 e. The Morgan fingerprint density at radius 1 is 1.60 bits per heavy atom. The number of aromatic nitrogens is 1. The van der Waals surface area contributed by atoms with Gasteiger partial charge in [0.25, 0.3) is 0 Å². The largest absolute Gasteiger partial charge is 0.469 e. The zero-order valence-electron chi connectivity index (χ0n) is 8.36. The van der Waals surface area contributed by atoms with Crippen LogP contribution in [0.15, 0.2) is 5.38 Å². The first-order valence-electron chi connectivity index (χ1n) is 4.15. The van der Waals surface area contributed by atoms with E-state index in [4.69, 9.17) is 0 Å². The van der Waals surface area contributed by atoms with E-state index in [0.29, 0.717) is 10.8 Å². The van der Waals surface area contributed by atoms with E-state index in [1.807, 2.05) is 0 Å². The summed E-state index contributed by atoms with van der Waals surface area (Å²) in [5.41, 5.74) is 0.582. The highest BCUT2D eigenvalue weighted by Gasteiger charge is 2.08. The number of thiazole rings is 1. The lowest BCUT2D eigenvalue weighted by Gasteiger charge is -1.98. The number of methoxy groups -OCH3 is 1. The van der Waals surface area contributed by atoms with Crippen LogP contribution < -0.4 is 10.6 Å². The number of carbonyl (C=O) groups is 2. The van der Waals surface area contributed by atoms with Gasteiger partial charge in [0.15, 0.2) is 5.13 Å². The molecule has 2 N–H and O–H groups in total. The van der Waals surface area contributed by atoms with Crippen molar-refractivity contribution in [3.05, 3.63) is 11.1 Å². The number of ether oxygens (including phenoxy) is 1. The van der Waals surface area contributed by atoms with E-state index in [2.05, 4.69) is 20.4 Å². The van der Waals surface area contributed by atoms with Gasteiger partial charge >= 0.3 is 12.0 Å². The minimum atomic E-state index is -0.355. The summed E-state index contributed by atoms with van der Waals surface area (Å²) in [6.45, 7) is 0. The molecule has 0 aliphatic rings. The third-order valence-electron chi connectivity index (χ3n) is 1.55. The standard InChI is InChI=1S/C8H11N3O3S/c1-9-7(13)11-8-10-5(4-15-8)3-6(12)14-2/h4H,3H2,1-2H3,(H2,9,10,11,13). The zero-order chi connectivity index (χ0) is 11.3. The molecule has 6 nitrogen and oxygen atoms in total. The maximum atomic E-state index is 10.9. The average molecular weight is 229 g/mol. The first kappa shape index (κ1) is 11.4. The van der Waals surface area contributed by atoms with Gasteiger partial charge in [0, 0.05) is 12.4 Å². The Morgan fingerprint density at radius 3 is 2.93 bits per heavy atom. The van der Waals surface area contributed by atoms with Crippen LogP contribution in [-0.4, -0.2) is 31.1 Å². The Hall–Kier alpha value is -1.63. The Kier molecular flexibility index (Phi) is 4.04. The van der Waals surface area contributed by atoms with Crippen molar-refractivity contribution in [3.63, 3.8) is 0 Å². The first-order chi connectivity index (χ1) is 7.15. The summed E-state index contributed by atoms with van der Waals surface area (Å²) >= 11 is 1.25. The third kappa shape index (κ3) is 3.55. The molecule has 2 amide bonds. The van der Waals surface area contributed by atoms with E-state index < -0.39 is 0 Å². The molecule has 0 atom stereocenters. The van der Waals surface area contributed by atoms with Crippen molar-refractivity contribution in [1.29, 1.82) is 0 Å². The van der Waals surface area contributed by atoms with Gasteiger partial charge in [-0.1, -0.05) is 0 Å². The molecule has 15 heavy (non-hydrogen) atoms. The molecule has 82 valence electrons. The summed E-state index contributed by atoms with van der Waals surface area (Å²) in [5.74, 6) is -0.355. The summed E-state index contributed by atoms with van der Waals surface area (Å²) in [7, 11) is 2.83. The molecule has 1 rings (SSSR count). The molecule has 1 heterocycles. The average Bonchev–Trinajstić information content (AvgIpc) is 2.65. The Labute approximate surface area is 90.7 Å². The van der Waals surface area contributed by atoms with Gasteiger partial charge in [-0.25, -0.2) is 9.78 Å². The molecular formula is C8H11N3O3S. The van der Waals surface area contributed by atoms with E-state index in [0.717, 1.165) is 0 Å². The second-order valence-electron chi connectivity index (χ2n) is 2.60. The predicted octanol–water partition coefficient (Wildman–Crippen LogP) is 0.610. The van der Waals surface area contributed by atoms with Gasteiger partial charge in [0.2, 0.25) is 0 Å². The highest BCUT2D eigenvalue weighted by molar-refractivity contribution is 7.13. The number of urea groups is 1. The van der Waals surface area contributed by atoms with Gasteiger partial charge in [-0.15, -0.1) is 11.3 Å². The number of amides is 2. The number of hydrogen-bond acceptors (Lipinski definition) is 5. The molecule has 0 saturated carbocycles. The lowest BCUT2D eigenvalue weighted by molar-refractivity contribution is -0.139. The summed E-state index contributed by atoms with van der Waals surface area (Å²) in [6.07, 6.45) is 0.114. The summed E-state index contributed by atoms with van der Waals surface area (Å²) in [4.78, 5) is 25.9. The van der Waals surface area contributed by atoms with Gasteiger partial charge in [0.1, 0.15) is 0 Å². The van der Waals surface area contributed by atoms with E-state index in [-0.39, 0.29) is 18.4 Å². The molecule has 0 aliphatic carbocycles. The highest BCUT2D eigenvalue weighted by Crippen LogP contribution is 2.15. The molecule has 0 bridgehead atoms. The Bertz CT molecular complexity index is 331. The third-order valence-corrected chi connectivity index (χ3v) is 2.36. The molecular weight excluding hydrogens is 218 g/mol. The molecule has 0 aromatic carbocycles. The molecule has 1 aromatic heterocycles. The quantitative estimate of drug-likeness (QED) is 0.744. The SMILES string of the molecule is CNC(=O)Nc1nc(CC(=O)OC)cs1. The van der Waals surface area contributed by atoms with Crippen LogP contribution in [0.2, 0.25) is 0 Å².